The minimum atomic E-state index is -0.209. The molecule has 0 unspecified atom stereocenters. The fourth-order valence-corrected chi connectivity index (χ4v) is 3.30. The average Bonchev–Trinajstić information content (AvgIpc) is 2.60. The van der Waals surface area contributed by atoms with E-state index < -0.39 is 0 Å². The topological polar surface area (TPSA) is 41.6 Å². The third-order valence-electron chi connectivity index (χ3n) is 4.37. The Kier molecular flexibility index (Phi) is 5.61. The van der Waals surface area contributed by atoms with E-state index in [-0.39, 0.29) is 17.9 Å². The summed E-state index contributed by atoms with van der Waals surface area (Å²) in [6, 6.07) is 15.6. The lowest BCUT2D eigenvalue weighted by Crippen LogP contribution is -2.42. The van der Waals surface area contributed by atoms with E-state index in [9.17, 15) is 4.79 Å². The van der Waals surface area contributed by atoms with Crippen LogP contribution in [-0.2, 0) is 11.2 Å². The highest BCUT2D eigenvalue weighted by atomic mass is 35.5. The standard InChI is InChI=1S/C20H23ClN2O2/c1-23(2)12-18(14-6-4-3-5-7-14)22-20(24)16-10-15-11-17(21)8-9-19(15)25-13-16/h3-9,11,16,18H,10,12-13H2,1-2H3,(H,22,24)/t16-,18-/m0/s1. The summed E-state index contributed by atoms with van der Waals surface area (Å²) in [6.45, 7) is 1.13. The molecule has 2 aromatic rings. The average molecular weight is 359 g/mol. The second-order valence-corrected chi connectivity index (χ2v) is 7.13. The van der Waals surface area contributed by atoms with E-state index in [1.54, 1.807) is 0 Å². The summed E-state index contributed by atoms with van der Waals surface area (Å²) >= 11 is 6.06. The van der Waals surface area contributed by atoms with E-state index >= 15 is 0 Å². The van der Waals surface area contributed by atoms with Gasteiger partial charge < -0.3 is 15.0 Å². The molecule has 0 aromatic heterocycles. The lowest BCUT2D eigenvalue weighted by atomic mass is 9.95. The van der Waals surface area contributed by atoms with Crippen molar-refractivity contribution in [3.8, 4) is 5.75 Å². The van der Waals surface area contributed by atoms with Gasteiger partial charge in [-0.1, -0.05) is 41.9 Å². The van der Waals surface area contributed by atoms with Crippen LogP contribution in [0, 0.1) is 5.92 Å². The van der Waals surface area contributed by atoms with Gasteiger partial charge in [0.15, 0.2) is 0 Å². The van der Waals surface area contributed by atoms with Crippen LogP contribution in [0.2, 0.25) is 5.02 Å². The van der Waals surface area contributed by atoms with Crippen molar-refractivity contribution in [2.75, 3.05) is 27.2 Å². The first-order valence-corrected chi connectivity index (χ1v) is 8.82. The van der Waals surface area contributed by atoms with Crippen molar-refractivity contribution in [3.63, 3.8) is 0 Å². The molecule has 5 heteroatoms. The summed E-state index contributed by atoms with van der Waals surface area (Å²) in [5.74, 6) is 0.627. The van der Waals surface area contributed by atoms with Gasteiger partial charge in [0.05, 0.1) is 12.0 Å². The summed E-state index contributed by atoms with van der Waals surface area (Å²) in [5.41, 5.74) is 2.09. The zero-order valence-corrected chi connectivity index (χ0v) is 15.3. The predicted molar refractivity (Wildman–Crippen MR) is 100 cm³/mol. The molecule has 1 N–H and O–H groups in total. The van der Waals surface area contributed by atoms with Gasteiger partial charge in [0.1, 0.15) is 12.4 Å². The van der Waals surface area contributed by atoms with E-state index in [2.05, 4.69) is 10.2 Å². The first-order valence-electron chi connectivity index (χ1n) is 8.44. The van der Waals surface area contributed by atoms with Crippen LogP contribution in [0.25, 0.3) is 0 Å². The lowest BCUT2D eigenvalue weighted by Gasteiger charge is -2.28. The second-order valence-electron chi connectivity index (χ2n) is 6.70. The second kappa shape index (κ2) is 7.89. The number of nitrogens with one attached hydrogen (secondary N) is 1. The van der Waals surface area contributed by atoms with E-state index in [4.69, 9.17) is 16.3 Å². The molecule has 3 rings (SSSR count). The van der Waals surface area contributed by atoms with Crippen LogP contribution in [0.5, 0.6) is 5.75 Å². The van der Waals surface area contributed by atoms with Crippen molar-refractivity contribution in [1.29, 1.82) is 0 Å². The molecule has 1 amide bonds. The zero-order chi connectivity index (χ0) is 17.8. The molecule has 0 aliphatic carbocycles. The van der Waals surface area contributed by atoms with Crippen molar-refractivity contribution in [2.24, 2.45) is 5.92 Å². The number of benzene rings is 2. The van der Waals surface area contributed by atoms with Gasteiger partial charge >= 0.3 is 0 Å². The van der Waals surface area contributed by atoms with Crippen LogP contribution in [0.4, 0.5) is 0 Å². The number of hydrogen-bond acceptors (Lipinski definition) is 3. The molecule has 0 saturated heterocycles. The minimum absolute atomic E-state index is 0.0151. The Morgan fingerprint density at radius 3 is 2.76 bits per heavy atom. The molecule has 0 bridgehead atoms. The quantitative estimate of drug-likeness (QED) is 0.891. The highest BCUT2D eigenvalue weighted by Crippen LogP contribution is 2.30. The number of hydrogen-bond donors (Lipinski definition) is 1. The highest BCUT2D eigenvalue weighted by molar-refractivity contribution is 6.30. The number of nitrogens with zero attached hydrogens (tertiary/aromatic N) is 1. The summed E-state index contributed by atoms with van der Waals surface area (Å²) in [6.07, 6.45) is 0.644. The SMILES string of the molecule is CN(C)C[C@H](NC(=O)[C@@H]1COc2ccc(Cl)cc2C1)c1ccccc1. The number of halogens is 1. The Balaban J connectivity index is 1.71. The van der Waals surface area contributed by atoms with Crippen LogP contribution < -0.4 is 10.1 Å². The molecule has 0 fully saturated rings. The van der Waals surface area contributed by atoms with E-state index in [0.29, 0.717) is 18.1 Å². The molecule has 2 aromatic carbocycles. The monoisotopic (exact) mass is 358 g/mol. The maximum Gasteiger partial charge on any atom is 0.227 e. The van der Waals surface area contributed by atoms with E-state index in [1.807, 2.05) is 62.6 Å². The molecule has 0 radical (unpaired) electrons. The fraction of sp³-hybridized carbons (Fsp3) is 0.350. The number of rotatable bonds is 5. The number of carbonyl (C=O) groups excluding carboxylic acids is 1. The molecule has 1 aliphatic rings. The maximum atomic E-state index is 12.8. The Morgan fingerprint density at radius 2 is 2.04 bits per heavy atom. The van der Waals surface area contributed by atoms with Crippen molar-refractivity contribution >= 4 is 17.5 Å². The summed E-state index contributed by atoms with van der Waals surface area (Å²) in [7, 11) is 4.01. The molecule has 132 valence electrons. The third-order valence-corrected chi connectivity index (χ3v) is 4.60. The van der Waals surface area contributed by atoms with Gasteiger partial charge in [-0.05, 0) is 49.8 Å². The first-order chi connectivity index (χ1) is 12.0. The summed E-state index contributed by atoms with van der Waals surface area (Å²) in [4.78, 5) is 14.9. The van der Waals surface area contributed by atoms with Crippen molar-refractivity contribution in [2.45, 2.75) is 12.5 Å². The van der Waals surface area contributed by atoms with Crippen LogP contribution in [0.1, 0.15) is 17.2 Å². The smallest absolute Gasteiger partial charge is 0.227 e. The Morgan fingerprint density at radius 1 is 1.28 bits per heavy atom. The summed E-state index contributed by atoms with van der Waals surface area (Å²) < 4.78 is 5.75. The lowest BCUT2D eigenvalue weighted by molar-refractivity contribution is -0.127. The van der Waals surface area contributed by atoms with Gasteiger partial charge in [-0.15, -0.1) is 0 Å². The third kappa shape index (κ3) is 4.53. The van der Waals surface area contributed by atoms with E-state index in [1.165, 1.54) is 0 Å². The zero-order valence-electron chi connectivity index (χ0n) is 14.5. The van der Waals surface area contributed by atoms with E-state index in [0.717, 1.165) is 23.4 Å². The van der Waals surface area contributed by atoms with Crippen LogP contribution in [-0.4, -0.2) is 38.1 Å². The Labute approximate surface area is 153 Å². The highest BCUT2D eigenvalue weighted by Gasteiger charge is 2.28. The fourth-order valence-electron chi connectivity index (χ4n) is 3.11. The van der Waals surface area contributed by atoms with Gasteiger partial charge in [0.2, 0.25) is 5.91 Å². The number of likely N-dealkylation sites (N-methyl/N-ethyl adjacent to an activating group) is 1. The van der Waals surface area contributed by atoms with Gasteiger partial charge in [-0.25, -0.2) is 0 Å². The molecule has 0 saturated carbocycles. The van der Waals surface area contributed by atoms with Gasteiger partial charge in [-0.3, -0.25) is 4.79 Å². The van der Waals surface area contributed by atoms with Gasteiger partial charge in [0.25, 0.3) is 0 Å². The summed E-state index contributed by atoms with van der Waals surface area (Å²) in [5, 5.41) is 3.85. The molecule has 1 aliphatic heterocycles. The van der Waals surface area contributed by atoms with Crippen LogP contribution >= 0.6 is 11.6 Å². The molecule has 2 atom stereocenters. The molecule has 4 nitrogen and oxygen atoms in total. The molecule has 25 heavy (non-hydrogen) atoms. The normalized spacial score (nSPS) is 17.5. The number of fused-ring (bicyclic) bond motifs is 1. The van der Waals surface area contributed by atoms with Gasteiger partial charge in [0, 0.05) is 11.6 Å². The molecule has 0 spiro atoms. The first kappa shape index (κ1) is 17.8. The molecular weight excluding hydrogens is 336 g/mol. The van der Waals surface area contributed by atoms with Gasteiger partial charge in [-0.2, -0.15) is 0 Å². The number of amides is 1. The van der Waals surface area contributed by atoms with Crippen molar-refractivity contribution in [1.82, 2.24) is 10.2 Å². The number of ether oxygens (including phenoxy) is 1. The van der Waals surface area contributed by atoms with Crippen LogP contribution in [0.3, 0.4) is 0 Å². The number of carbonyl (C=O) groups is 1. The van der Waals surface area contributed by atoms with Crippen molar-refractivity contribution in [3.05, 3.63) is 64.7 Å². The maximum absolute atomic E-state index is 12.8. The Hall–Kier alpha value is -2.04. The molecule has 1 heterocycles. The van der Waals surface area contributed by atoms with Crippen LogP contribution in [0.15, 0.2) is 48.5 Å². The van der Waals surface area contributed by atoms with Crippen molar-refractivity contribution < 1.29 is 9.53 Å². The largest absolute Gasteiger partial charge is 0.492 e. The predicted octanol–water partition coefficient (Wildman–Crippen LogP) is 3.31. The minimum Gasteiger partial charge on any atom is -0.492 e. The Bertz CT molecular complexity index is 734. The molecular formula is C20H23ClN2O2.